The molecule has 0 unspecified atom stereocenters. The van der Waals surface area contributed by atoms with E-state index < -0.39 is 0 Å². The highest BCUT2D eigenvalue weighted by Crippen LogP contribution is 2.20. The second-order valence-electron chi connectivity index (χ2n) is 7.52. The fourth-order valence-corrected chi connectivity index (χ4v) is 4.05. The molecule has 0 spiro atoms. The number of aryl methyl sites for hydroxylation is 1. The number of hydrogen-bond acceptors (Lipinski definition) is 4. The highest BCUT2D eigenvalue weighted by atomic mass is 16.2. The Kier molecular flexibility index (Phi) is 5.22. The molecule has 2 aliphatic rings. The molecule has 0 atom stereocenters. The van der Waals surface area contributed by atoms with Crippen LogP contribution in [-0.4, -0.2) is 64.5 Å². The van der Waals surface area contributed by atoms with Gasteiger partial charge in [0.05, 0.1) is 17.6 Å². The number of likely N-dealkylation sites (tertiary alicyclic amines) is 1. The average molecular weight is 355 g/mol. The van der Waals surface area contributed by atoms with E-state index in [1.165, 1.54) is 12.8 Å². The predicted octanol–water partition coefficient (Wildman–Crippen LogP) is 1.99. The van der Waals surface area contributed by atoms with Gasteiger partial charge in [-0.3, -0.25) is 9.69 Å². The molecular formula is C20H29N5O. The van der Waals surface area contributed by atoms with Crippen LogP contribution in [0.2, 0.25) is 0 Å². The molecule has 1 aromatic heterocycles. The van der Waals surface area contributed by atoms with Gasteiger partial charge in [-0.2, -0.15) is 0 Å². The zero-order valence-corrected chi connectivity index (χ0v) is 15.7. The number of hydrogen-bond donors (Lipinski definition) is 1. The van der Waals surface area contributed by atoms with Crippen molar-refractivity contribution in [1.82, 2.24) is 24.7 Å². The van der Waals surface area contributed by atoms with E-state index in [-0.39, 0.29) is 5.91 Å². The van der Waals surface area contributed by atoms with Crippen LogP contribution in [0.3, 0.4) is 0 Å². The monoisotopic (exact) mass is 355 g/mol. The van der Waals surface area contributed by atoms with Gasteiger partial charge in [-0.05, 0) is 31.0 Å². The smallest absolute Gasteiger partial charge is 0.253 e. The Morgan fingerprint density at radius 2 is 1.81 bits per heavy atom. The van der Waals surface area contributed by atoms with Crippen molar-refractivity contribution in [2.45, 2.75) is 32.2 Å². The molecule has 1 amide bonds. The third-order valence-electron chi connectivity index (χ3n) is 5.69. The van der Waals surface area contributed by atoms with Crippen molar-refractivity contribution in [1.29, 1.82) is 0 Å². The van der Waals surface area contributed by atoms with Gasteiger partial charge in [-0.1, -0.05) is 12.8 Å². The molecule has 4 rings (SSSR count). The molecular weight excluding hydrogens is 326 g/mol. The van der Waals surface area contributed by atoms with Gasteiger partial charge in [-0.15, -0.1) is 0 Å². The van der Waals surface area contributed by atoms with Gasteiger partial charge in [-0.25, -0.2) is 4.98 Å². The predicted molar refractivity (Wildman–Crippen MR) is 103 cm³/mol. The number of carbonyl (C=O) groups is 1. The molecule has 0 aliphatic carbocycles. The summed E-state index contributed by atoms with van der Waals surface area (Å²) in [6.07, 6.45) is 4.70. The number of rotatable bonds is 3. The van der Waals surface area contributed by atoms with E-state index in [9.17, 15) is 4.79 Å². The van der Waals surface area contributed by atoms with E-state index in [2.05, 4.69) is 27.9 Å². The van der Waals surface area contributed by atoms with Gasteiger partial charge in [0.25, 0.3) is 5.91 Å². The zero-order valence-electron chi connectivity index (χ0n) is 15.7. The number of benzene rings is 1. The first-order valence-electron chi connectivity index (χ1n) is 9.90. The number of piperazine rings is 1. The first-order valence-corrected chi connectivity index (χ1v) is 9.90. The van der Waals surface area contributed by atoms with Crippen molar-refractivity contribution in [3.05, 3.63) is 29.6 Å². The van der Waals surface area contributed by atoms with E-state index in [0.29, 0.717) is 0 Å². The summed E-state index contributed by atoms with van der Waals surface area (Å²) in [5.74, 6) is 1.23. The summed E-state index contributed by atoms with van der Waals surface area (Å²) in [4.78, 5) is 22.2. The fraction of sp³-hybridized carbons (Fsp3) is 0.600. The van der Waals surface area contributed by atoms with Crippen molar-refractivity contribution >= 4 is 16.9 Å². The Balaban J connectivity index is 1.55. The highest BCUT2D eigenvalue weighted by molar-refractivity contribution is 5.97. The van der Waals surface area contributed by atoms with Crippen LogP contribution in [0.1, 0.15) is 41.9 Å². The maximum absolute atomic E-state index is 12.9. The van der Waals surface area contributed by atoms with Crippen molar-refractivity contribution in [2.24, 2.45) is 7.05 Å². The molecule has 6 nitrogen and oxygen atoms in total. The molecule has 2 aromatic rings. The fourth-order valence-electron chi connectivity index (χ4n) is 4.05. The minimum Gasteiger partial charge on any atom is -0.339 e. The van der Waals surface area contributed by atoms with Crippen LogP contribution in [0.15, 0.2) is 18.2 Å². The average Bonchev–Trinajstić information content (AvgIpc) is 2.85. The Labute approximate surface area is 155 Å². The van der Waals surface area contributed by atoms with E-state index in [1.54, 1.807) is 0 Å². The first kappa shape index (κ1) is 17.5. The second-order valence-corrected chi connectivity index (χ2v) is 7.52. The summed E-state index contributed by atoms with van der Waals surface area (Å²) in [5.41, 5.74) is 2.80. The number of amides is 1. The van der Waals surface area contributed by atoms with Gasteiger partial charge in [0.15, 0.2) is 0 Å². The van der Waals surface area contributed by atoms with Crippen molar-refractivity contribution in [3.8, 4) is 0 Å². The largest absolute Gasteiger partial charge is 0.339 e. The van der Waals surface area contributed by atoms with Crippen molar-refractivity contribution < 1.29 is 4.79 Å². The van der Waals surface area contributed by atoms with E-state index in [1.807, 2.05) is 17.0 Å². The Hall–Kier alpha value is -1.92. The Morgan fingerprint density at radius 1 is 1.08 bits per heavy atom. The van der Waals surface area contributed by atoms with Crippen LogP contribution in [-0.2, 0) is 13.6 Å². The minimum absolute atomic E-state index is 0.156. The van der Waals surface area contributed by atoms with Crippen molar-refractivity contribution in [2.75, 3.05) is 39.3 Å². The standard InChI is InChI=1S/C20H29N5O/c1-23-18-7-6-16(20(26)25-10-4-2-3-5-11-25)14-17(18)22-19(23)15-24-12-8-21-9-13-24/h6-7,14,21H,2-5,8-13,15H2,1H3. The molecule has 26 heavy (non-hydrogen) atoms. The van der Waals surface area contributed by atoms with Crippen LogP contribution in [0.25, 0.3) is 11.0 Å². The van der Waals surface area contributed by atoms with E-state index >= 15 is 0 Å². The van der Waals surface area contributed by atoms with Crippen molar-refractivity contribution in [3.63, 3.8) is 0 Å². The molecule has 6 heteroatoms. The summed E-state index contributed by atoms with van der Waals surface area (Å²) in [7, 11) is 2.07. The number of carbonyl (C=O) groups excluding carboxylic acids is 1. The Morgan fingerprint density at radius 3 is 2.54 bits per heavy atom. The minimum atomic E-state index is 0.156. The molecule has 0 bridgehead atoms. The number of fused-ring (bicyclic) bond motifs is 1. The van der Waals surface area contributed by atoms with Crippen LogP contribution in [0, 0.1) is 0 Å². The molecule has 3 heterocycles. The number of nitrogens with one attached hydrogen (secondary N) is 1. The van der Waals surface area contributed by atoms with Gasteiger partial charge >= 0.3 is 0 Å². The number of aromatic nitrogens is 2. The molecule has 140 valence electrons. The number of imidazole rings is 1. The topological polar surface area (TPSA) is 53.4 Å². The van der Waals surface area contributed by atoms with Gasteiger partial charge in [0, 0.05) is 51.9 Å². The maximum Gasteiger partial charge on any atom is 0.253 e. The van der Waals surface area contributed by atoms with Gasteiger partial charge in [0.1, 0.15) is 5.82 Å². The third kappa shape index (κ3) is 3.62. The number of nitrogens with zero attached hydrogens (tertiary/aromatic N) is 4. The second kappa shape index (κ2) is 7.76. The first-order chi connectivity index (χ1) is 12.7. The molecule has 1 N–H and O–H groups in total. The summed E-state index contributed by atoms with van der Waals surface area (Å²) in [6, 6.07) is 5.99. The normalized spacial score (nSPS) is 19.7. The Bertz CT molecular complexity index is 770. The lowest BCUT2D eigenvalue weighted by atomic mass is 10.1. The summed E-state index contributed by atoms with van der Waals surface area (Å²) in [5, 5.41) is 3.39. The summed E-state index contributed by atoms with van der Waals surface area (Å²) < 4.78 is 2.16. The van der Waals surface area contributed by atoms with Crippen LogP contribution < -0.4 is 5.32 Å². The maximum atomic E-state index is 12.9. The highest BCUT2D eigenvalue weighted by Gasteiger charge is 2.19. The molecule has 0 saturated carbocycles. The van der Waals surface area contributed by atoms with Crippen LogP contribution >= 0.6 is 0 Å². The van der Waals surface area contributed by atoms with Gasteiger partial charge in [0.2, 0.25) is 0 Å². The van der Waals surface area contributed by atoms with Crippen LogP contribution in [0.5, 0.6) is 0 Å². The van der Waals surface area contributed by atoms with E-state index in [0.717, 1.165) is 81.1 Å². The molecule has 2 saturated heterocycles. The molecule has 2 aliphatic heterocycles. The van der Waals surface area contributed by atoms with Gasteiger partial charge < -0.3 is 14.8 Å². The molecule has 1 aromatic carbocycles. The van der Waals surface area contributed by atoms with Crippen LogP contribution in [0.4, 0.5) is 0 Å². The third-order valence-corrected chi connectivity index (χ3v) is 5.69. The van der Waals surface area contributed by atoms with E-state index in [4.69, 9.17) is 4.98 Å². The molecule has 2 fully saturated rings. The molecule has 0 radical (unpaired) electrons. The lowest BCUT2D eigenvalue weighted by molar-refractivity contribution is 0.0762. The lowest BCUT2D eigenvalue weighted by Crippen LogP contribution is -2.43. The quantitative estimate of drug-likeness (QED) is 0.915. The lowest BCUT2D eigenvalue weighted by Gasteiger charge is -2.26. The summed E-state index contributed by atoms with van der Waals surface area (Å²) >= 11 is 0. The summed E-state index contributed by atoms with van der Waals surface area (Å²) in [6.45, 7) is 6.82. The zero-order chi connectivity index (χ0) is 17.9. The SMILES string of the molecule is Cn1c(CN2CCNCC2)nc2cc(C(=O)N3CCCCCC3)ccc21.